The Kier molecular flexibility index (Phi) is 9.14. The lowest BCUT2D eigenvalue weighted by Gasteiger charge is -2.34. The van der Waals surface area contributed by atoms with Crippen LogP contribution in [0, 0.1) is 0 Å². The van der Waals surface area contributed by atoms with Gasteiger partial charge in [-0.15, -0.1) is 0 Å². The quantitative estimate of drug-likeness (QED) is 0.638. The molecular weight excluding hydrogens is 214 g/mol. The summed E-state index contributed by atoms with van der Waals surface area (Å²) in [5.41, 5.74) is 0. The molecule has 0 heterocycles. The molecule has 3 heteroatoms. The number of carboxylic acid groups (broad SMARTS) is 1. The van der Waals surface area contributed by atoms with Crippen LogP contribution in [-0.2, 0) is 4.79 Å². The number of carbonyl (C=O) groups is 1. The molecule has 0 aliphatic rings. The maximum absolute atomic E-state index is 10.5. The number of carboxylic acids is 1. The molecule has 1 N–H and O–H groups in total. The van der Waals surface area contributed by atoms with Gasteiger partial charge in [-0.3, -0.25) is 9.69 Å². The predicted octanol–water partition coefficient (Wildman–Crippen LogP) is 3.53. The summed E-state index contributed by atoms with van der Waals surface area (Å²) in [5, 5.41) is 8.68. The van der Waals surface area contributed by atoms with Gasteiger partial charge in [0.25, 0.3) is 0 Å². The second-order valence-electron chi connectivity index (χ2n) is 5.03. The third-order valence-electron chi connectivity index (χ3n) is 3.30. The summed E-state index contributed by atoms with van der Waals surface area (Å²) < 4.78 is 0. The highest BCUT2D eigenvalue weighted by Crippen LogP contribution is 2.16. The van der Waals surface area contributed by atoms with Crippen molar-refractivity contribution in [1.29, 1.82) is 0 Å². The van der Waals surface area contributed by atoms with E-state index < -0.39 is 5.97 Å². The fourth-order valence-electron chi connectivity index (χ4n) is 2.32. The van der Waals surface area contributed by atoms with Crippen LogP contribution in [0.1, 0.15) is 66.2 Å². The largest absolute Gasteiger partial charge is 0.481 e. The molecule has 1 atom stereocenters. The van der Waals surface area contributed by atoms with Gasteiger partial charge in [-0.05, 0) is 39.7 Å². The number of rotatable bonds is 10. The van der Waals surface area contributed by atoms with Crippen LogP contribution in [0.15, 0.2) is 0 Å². The Labute approximate surface area is 106 Å². The molecule has 1 unspecified atom stereocenters. The summed E-state index contributed by atoms with van der Waals surface area (Å²) in [6, 6.07) is 1.12. The minimum atomic E-state index is -0.685. The van der Waals surface area contributed by atoms with Crippen molar-refractivity contribution >= 4 is 5.97 Å². The maximum atomic E-state index is 10.5. The Morgan fingerprint density at radius 3 is 2.29 bits per heavy atom. The van der Waals surface area contributed by atoms with Gasteiger partial charge < -0.3 is 5.11 Å². The lowest BCUT2D eigenvalue weighted by atomic mass is 10.0. The molecule has 0 rings (SSSR count). The minimum Gasteiger partial charge on any atom is -0.481 e. The standard InChI is InChI=1S/C14H29NO2/c1-5-7-9-13(6-2)15(12(3)4)11-8-10-14(16)17/h12-13H,5-11H2,1-4H3,(H,16,17). The van der Waals surface area contributed by atoms with Crippen LogP contribution in [-0.4, -0.2) is 34.6 Å². The molecule has 0 saturated carbocycles. The van der Waals surface area contributed by atoms with E-state index in [0.717, 1.165) is 19.4 Å². The van der Waals surface area contributed by atoms with Gasteiger partial charge in [0.05, 0.1) is 0 Å². The molecule has 0 aromatic rings. The Morgan fingerprint density at radius 1 is 1.24 bits per heavy atom. The zero-order chi connectivity index (χ0) is 13.3. The van der Waals surface area contributed by atoms with Crippen LogP contribution >= 0.6 is 0 Å². The van der Waals surface area contributed by atoms with E-state index in [1.54, 1.807) is 0 Å². The number of hydrogen-bond acceptors (Lipinski definition) is 2. The van der Waals surface area contributed by atoms with Crippen molar-refractivity contribution in [1.82, 2.24) is 4.90 Å². The van der Waals surface area contributed by atoms with Gasteiger partial charge in [-0.2, -0.15) is 0 Å². The van der Waals surface area contributed by atoms with Crippen molar-refractivity contribution in [3.63, 3.8) is 0 Å². The fourth-order valence-corrected chi connectivity index (χ4v) is 2.32. The van der Waals surface area contributed by atoms with Crippen LogP contribution in [0.25, 0.3) is 0 Å². The van der Waals surface area contributed by atoms with E-state index in [-0.39, 0.29) is 6.42 Å². The third kappa shape index (κ3) is 7.37. The summed E-state index contributed by atoms with van der Waals surface area (Å²) in [4.78, 5) is 13.0. The molecule has 0 aromatic heterocycles. The maximum Gasteiger partial charge on any atom is 0.303 e. The third-order valence-corrected chi connectivity index (χ3v) is 3.30. The van der Waals surface area contributed by atoms with Crippen molar-refractivity contribution in [3.05, 3.63) is 0 Å². The van der Waals surface area contributed by atoms with Gasteiger partial charge in [0.15, 0.2) is 0 Å². The molecule has 102 valence electrons. The monoisotopic (exact) mass is 243 g/mol. The summed E-state index contributed by atoms with van der Waals surface area (Å²) >= 11 is 0. The smallest absolute Gasteiger partial charge is 0.303 e. The topological polar surface area (TPSA) is 40.5 Å². The number of aliphatic carboxylic acids is 1. The van der Waals surface area contributed by atoms with Crippen LogP contribution < -0.4 is 0 Å². The predicted molar refractivity (Wildman–Crippen MR) is 72.3 cm³/mol. The first-order valence-electron chi connectivity index (χ1n) is 7.00. The molecule has 0 aliphatic carbocycles. The Balaban J connectivity index is 4.21. The molecule has 0 radical (unpaired) electrons. The van der Waals surface area contributed by atoms with E-state index in [4.69, 9.17) is 5.11 Å². The average molecular weight is 243 g/mol. The normalized spacial score (nSPS) is 13.3. The highest BCUT2D eigenvalue weighted by Gasteiger charge is 2.18. The van der Waals surface area contributed by atoms with Gasteiger partial charge >= 0.3 is 5.97 Å². The van der Waals surface area contributed by atoms with Gasteiger partial charge in [-0.25, -0.2) is 0 Å². The van der Waals surface area contributed by atoms with Crippen molar-refractivity contribution in [3.8, 4) is 0 Å². The summed E-state index contributed by atoms with van der Waals surface area (Å²) in [7, 11) is 0. The average Bonchev–Trinajstić information content (AvgIpc) is 2.26. The molecule has 0 aliphatic heterocycles. The van der Waals surface area contributed by atoms with E-state index in [2.05, 4.69) is 32.6 Å². The second kappa shape index (κ2) is 9.46. The number of hydrogen-bond donors (Lipinski definition) is 1. The van der Waals surface area contributed by atoms with Crippen molar-refractivity contribution in [2.24, 2.45) is 0 Å². The molecular formula is C14H29NO2. The van der Waals surface area contributed by atoms with Gasteiger partial charge in [-0.1, -0.05) is 26.7 Å². The highest BCUT2D eigenvalue weighted by atomic mass is 16.4. The van der Waals surface area contributed by atoms with E-state index >= 15 is 0 Å². The molecule has 0 spiro atoms. The molecule has 0 saturated heterocycles. The first-order valence-corrected chi connectivity index (χ1v) is 7.00. The van der Waals surface area contributed by atoms with E-state index in [0.29, 0.717) is 12.1 Å². The Hall–Kier alpha value is -0.570. The number of unbranched alkanes of at least 4 members (excludes halogenated alkanes) is 1. The SMILES string of the molecule is CCCCC(CC)N(CCCC(=O)O)C(C)C. The van der Waals surface area contributed by atoms with E-state index in [9.17, 15) is 4.79 Å². The van der Waals surface area contributed by atoms with E-state index in [1.165, 1.54) is 19.3 Å². The van der Waals surface area contributed by atoms with E-state index in [1.807, 2.05) is 0 Å². The molecule has 0 fully saturated rings. The number of nitrogens with zero attached hydrogens (tertiary/aromatic N) is 1. The van der Waals surface area contributed by atoms with Crippen molar-refractivity contribution in [2.45, 2.75) is 78.3 Å². The molecule has 0 bridgehead atoms. The van der Waals surface area contributed by atoms with Crippen LogP contribution in [0.4, 0.5) is 0 Å². The summed E-state index contributed by atoms with van der Waals surface area (Å²) in [6.45, 7) is 9.76. The zero-order valence-corrected chi connectivity index (χ0v) is 11.9. The summed E-state index contributed by atoms with van der Waals surface area (Å²) in [6.07, 6.45) is 5.94. The van der Waals surface area contributed by atoms with Crippen LogP contribution in [0.5, 0.6) is 0 Å². The lowest BCUT2D eigenvalue weighted by Crippen LogP contribution is -2.41. The van der Waals surface area contributed by atoms with Gasteiger partial charge in [0.2, 0.25) is 0 Å². The van der Waals surface area contributed by atoms with Crippen molar-refractivity contribution < 1.29 is 9.90 Å². The van der Waals surface area contributed by atoms with Crippen LogP contribution in [0.2, 0.25) is 0 Å². The summed E-state index contributed by atoms with van der Waals surface area (Å²) in [5.74, 6) is -0.685. The molecule has 3 nitrogen and oxygen atoms in total. The highest BCUT2D eigenvalue weighted by molar-refractivity contribution is 5.66. The molecule has 0 amide bonds. The minimum absolute atomic E-state index is 0.285. The fraction of sp³-hybridized carbons (Fsp3) is 0.929. The first-order chi connectivity index (χ1) is 8.02. The second-order valence-corrected chi connectivity index (χ2v) is 5.03. The Bertz CT molecular complexity index is 204. The van der Waals surface area contributed by atoms with Crippen molar-refractivity contribution in [2.75, 3.05) is 6.54 Å². The van der Waals surface area contributed by atoms with Gasteiger partial charge in [0.1, 0.15) is 0 Å². The first kappa shape index (κ1) is 16.4. The van der Waals surface area contributed by atoms with Gasteiger partial charge in [0, 0.05) is 18.5 Å². The van der Waals surface area contributed by atoms with Crippen LogP contribution in [0.3, 0.4) is 0 Å². The molecule has 17 heavy (non-hydrogen) atoms. The molecule has 0 aromatic carbocycles. The lowest BCUT2D eigenvalue weighted by molar-refractivity contribution is -0.137. The Morgan fingerprint density at radius 2 is 1.88 bits per heavy atom. The zero-order valence-electron chi connectivity index (χ0n) is 11.9.